The molecule has 0 aromatic heterocycles. The maximum absolute atomic E-state index is 11.5. The number of rotatable bonds is 6. The van der Waals surface area contributed by atoms with Crippen LogP contribution in [0.25, 0.3) is 0 Å². The second kappa shape index (κ2) is 7.84. The van der Waals surface area contributed by atoms with Crippen molar-refractivity contribution in [3.8, 4) is 11.5 Å². The van der Waals surface area contributed by atoms with E-state index in [1.165, 1.54) is 5.56 Å². The highest BCUT2D eigenvalue weighted by Crippen LogP contribution is 2.33. The molecule has 128 valence electrons. The molecule has 0 aliphatic rings. The molecule has 2 aromatic carbocycles. The van der Waals surface area contributed by atoms with Crippen LogP contribution in [-0.2, 0) is 5.41 Å². The second-order valence-electron chi connectivity index (χ2n) is 5.97. The van der Waals surface area contributed by atoms with E-state index in [9.17, 15) is 4.79 Å². The lowest BCUT2D eigenvalue weighted by atomic mass is 9.78. The Balaban J connectivity index is 2.11. The van der Waals surface area contributed by atoms with Crippen molar-refractivity contribution >= 4 is 6.09 Å². The SMILES string of the molecule is CNCNC(=O)Oc1ccc(C(C)(C)c2ccc(OC)cc2)cc1. The van der Waals surface area contributed by atoms with E-state index in [1.54, 1.807) is 26.3 Å². The fraction of sp³-hybridized carbons (Fsp3) is 0.316. The largest absolute Gasteiger partial charge is 0.497 e. The lowest BCUT2D eigenvalue weighted by molar-refractivity contribution is 0.200. The first kappa shape index (κ1) is 17.8. The van der Waals surface area contributed by atoms with Crippen molar-refractivity contribution in [2.24, 2.45) is 0 Å². The molecule has 0 spiro atoms. The quantitative estimate of drug-likeness (QED) is 0.799. The summed E-state index contributed by atoms with van der Waals surface area (Å²) in [6.07, 6.45) is -0.480. The topological polar surface area (TPSA) is 59.6 Å². The smallest absolute Gasteiger partial charge is 0.413 e. The summed E-state index contributed by atoms with van der Waals surface area (Å²) in [6, 6.07) is 15.6. The monoisotopic (exact) mass is 328 g/mol. The molecular formula is C19H24N2O3. The fourth-order valence-corrected chi connectivity index (χ4v) is 2.42. The van der Waals surface area contributed by atoms with Crippen molar-refractivity contribution in [2.75, 3.05) is 20.8 Å². The van der Waals surface area contributed by atoms with Crippen LogP contribution < -0.4 is 20.1 Å². The normalized spacial score (nSPS) is 11.0. The Labute approximate surface area is 143 Å². The Kier molecular flexibility index (Phi) is 5.82. The van der Waals surface area contributed by atoms with Crippen molar-refractivity contribution in [3.05, 3.63) is 59.7 Å². The van der Waals surface area contributed by atoms with Crippen molar-refractivity contribution in [1.82, 2.24) is 10.6 Å². The van der Waals surface area contributed by atoms with Crippen LogP contribution in [0, 0.1) is 0 Å². The van der Waals surface area contributed by atoms with Crippen molar-refractivity contribution in [2.45, 2.75) is 19.3 Å². The third kappa shape index (κ3) is 4.26. The maximum Gasteiger partial charge on any atom is 0.413 e. The molecule has 0 saturated carbocycles. The Morgan fingerprint density at radius 1 is 0.958 bits per heavy atom. The molecule has 2 rings (SSSR count). The number of ether oxygens (including phenoxy) is 2. The zero-order chi connectivity index (χ0) is 17.6. The zero-order valence-corrected chi connectivity index (χ0v) is 14.6. The Bertz CT molecular complexity index is 664. The van der Waals surface area contributed by atoms with Crippen LogP contribution in [0.15, 0.2) is 48.5 Å². The van der Waals surface area contributed by atoms with Crippen molar-refractivity contribution in [1.29, 1.82) is 0 Å². The summed E-state index contributed by atoms with van der Waals surface area (Å²) in [5.74, 6) is 1.35. The van der Waals surface area contributed by atoms with E-state index in [0.29, 0.717) is 12.4 Å². The van der Waals surface area contributed by atoms with Crippen LogP contribution in [0.5, 0.6) is 11.5 Å². The minimum atomic E-state index is -0.480. The number of benzene rings is 2. The lowest BCUT2D eigenvalue weighted by Crippen LogP contribution is -2.33. The Hall–Kier alpha value is -2.53. The summed E-state index contributed by atoms with van der Waals surface area (Å²) < 4.78 is 10.4. The molecular weight excluding hydrogens is 304 g/mol. The summed E-state index contributed by atoms with van der Waals surface area (Å²) in [5.41, 5.74) is 2.15. The molecule has 0 fully saturated rings. The third-order valence-corrected chi connectivity index (χ3v) is 4.01. The zero-order valence-electron chi connectivity index (χ0n) is 14.6. The second-order valence-corrected chi connectivity index (χ2v) is 5.97. The number of hydrogen-bond acceptors (Lipinski definition) is 4. The standard InChI is InChI=1S/C19H24N2O3/c1-19(2,14-5-9-16(23-4)10-6-14)15-7-11-17(12-8-15)24-18(22)21-13-20-3/h5-12,20H,13H2,1-4H3,(H,21,22). The molecule has 5 heteroatoms. The van der Waals surface area contributed by atoms with E-state index in [-0.39, 0.29) is 5.41 Å². The average molecular weight is 328 g/mol. The van der Waals surface area contributed by atoms with Gasteiger partial charge in [-0.2, -0.15) is 0 Å². The highest BCUT2D eigenvalue weighted by molar-refractivity contribution is 5.70. The fourth-order valence-electron chi connectivity index (χ4n) is 2.42. The van der Waals surface area contributed by atoms with E-state index >= 15 is 0 Å². The maximum atomic E-state index is 11.5. The number of carbonyl (C=O) groups excluding carboxylic acids is 1. The molecule has 0 bridgehead atoms. The summed E-state index contributed by atoms with van der Waals surface area (Å²) in [4.78, 5) is 11.5. The van der Waals surface area contributed by atoms with Gasteiger partial charge in [-0.25, -0.2) is 4.79 Å². The average Bonchev–Trinajstić information content (AvgIpc) is 2.60. The number of hydrogen-bond donors (Lipinski definition) is 2. The first-order valence-corrected chi connectivity index (χ1v) is 7.82. The van der Waals surface area contributed by atoms with Crippen LogP contribution in [0.2, 0.25) is 0 Å². The number of methoxy groups -OCH3 is 1. The molecule has 5 nitrogen and oxygen atoms in total. The first-order valence-electron chi connectivity index (χ1n) is 7.82. The van der Waals surface area contributed by atoms with Gasteiger partial charge in [0.05, 0.1) is 13.8 Å². The van der Waals surface area contributed by atoms with E-state index in [4.69, 9.17) is 9.47 Å². The van der Waals surface area contributed by atoms with Gasteiger partial charge >= 0.3 is 6.09 Å². The van der Waals surface area contributed by atoms with Crippen LogP contribution in [0.3, 0.4) is 0 Å². The van der Waals surface area contributed by atoms with E-state index in [1.807, 2.05) is 24.3 Å². The first-order chi connectivity index (χ1) is 11.5. The van der Waals surface area contributed by atoms with Crippen LogP contribution in [0.1, 0.15) is 25.0 Å². The molecule has 0 heterocycles. The molecule has 1 amide bonds. The highest BCUT2D eigenvalue weighted by atomic mass is 16.6. The molecule has 0 radical (unpaired) electrons. The molecule has 0 unspecified atom stereocenters. The van der Waals surface area contributed by atoms with Gasteiger partial charge in [0, 0.05) is 5.41 Å². The van der Waals surface area contributed by atoms with Crippen LogP contribution in [0.4, 0.5) is 4.79 Å². The van der Waals surface area contributed by atoms with Gasteiger partial charge in [0.25, 0.3) is 0 Å². The molecule has 0 aliphatic heterocycles. The van der Waals surface area contributed by atoms with Gasteiger partial charge in [0.15, 0.2) is 0 Å². The lowest BCUT2D eigenvalue weighted by Gasteiger charge is -2.26. The highest BCUT2D eigenvalue weighted by Gasteiger charge is 2.23. The molecule has 0 saturated heterocycles. The summed E-state index contributed by atoms with van der Waals surface area (Å²) in [5, 5.41) is 5.40. The van der Waals surface area contributed by atoms with Gasteiger partial charge in [-0.3, -0.25) is 0 Å². The molecule has 2 aromatic rings. The number of carbonyl (C=O) groups is 1. The van der Waals surface area contributed by atoms with Gasteiger partial charge in [0.1, 0.15) is 11.5 Å². The van der Waals surface area contributed by atoms with Crippen molar-refractivity contribution in [3.63, 3.8) is 0 Å². The van der Waals surface area contributed by atoms with Gasteiger partial charge in [-0.05, 0) is 42.4 Å². The summed E-state index contributed by atoms with van der Waals surface area (Å²) in [7, 11) is 3.40. The van der Waals surface area contributed by atoms with Gasteiger partial charge < -0.3 is 20.1 Å². The predicted molar refractivity (Wildman–Crippen MR) is 94.7 cm³/mol. The van der Waals surface area contributed by atoms with Gasteiger partial charge in [-0.15, -0.1) is 0 Å². The summed E-state index contributed by atoms with van der Waals surface area (Å²) >= 11 is 0. The molecule has 0 aliphatic carbocycles. The van der Waals surface area contributed by atoms with Crippen LogP contribution >= 0.6 is 0 Å². The third-order valence-electron chi connectivity index (χ3n) is 4.01. The van der Waals surface area contributed by atoms with Gasteiger partial charge in [-0.1, -0.05) is 38.1 Å². The minimum Gasteiger partial charge on any atom is -0.497 e. The summed E-state index contributed by atoms with van der Waals surface area (Å²) in [6.45, 7) is 4.68. The van der Waals surface area contributed by atoms with E-state index in [2.05, 4.69) is 36.6 Å². The van der Waals surface area contributed by atoms with E-state index in [0.717, 1.165) is 11.3 Å². The van der Waals surface area contributed by atoms with Crippen molar-refractivity contribution < 1.29 is 14.3 Å². The van der Waals surface area contributed by atoms with E-state index < -0.39 is 6.09 Å². The Morgan fingerprint density at radius 3 is 1.92 bits per heavy atom. The molecule has 0 atom stereocenters. The molecule has 24 heavy (non-hydrogen) atoms. The van der Waals surface area contributed by atoms with Crippen LogP contribution in [-0.4, -0.2) is 26.9 Å². The number of amides is 1. The predicted octanol–water partition coefficient (Wildman–Crippen LogP) is 3.29. The molecule has 2 N–H and O–H groups in total. The Morgan fingerprint density at radius 2 is 1.46 bits per heavy atom. The van der Waals surface area contributed by atoms with Gasteiger partial charge in [0.2, 0.25) is 0 Å². The number of nitrogens with one attached hydrogen (secondary N) is 2. The minimum absolute atomic E-state index is 0.167.